The number of furan rings is 1. The topological polar surface area (TPSA) is 49.9 Å². The fourth-order valence-corrected chi connectivity index (χ4v) is 7.44. The summed E-state index contributed by atoms with van der Waals surface area (Å²) in [4.78, 5) is 10.4. The Morgan fingerprint density at radius 2 is 1.04 bits per heavy atom. The number of nitrogens with zero attached hydrogens (tertiary/aromatic N) is 2. The van der Waals surface area contributed by atoms with Gasteiger partial charge in [-0.15, -0.1) is 0 Å². The summed E-state index contributed by atoms with van der Waals surface area (Å²) in [7, 11) is 0. The normalized spacial score (nSPS) is 14.5. The lowest BCUT2D eigenvalue weighted by atomic mass is 9.93. The maximum atomic E-state index is 6.57. The van der Waals surface area contributed by atoms with Gasteiger partial charge in [0, 0.05) is 21.9 Å². The van der Waals surface area contributed by atoms with E-state index in [-0.39, 0.29) is 6.17 Å². The Kier molecular flexibility index (Phi) is 6.85. The molecule has 240 valence electrons. The molecule has 0 radical (unpaired) electrons. The van der Waals surface area contributed by atoms with Crippen molar-refractivity contribution in [1.29, 1.82) is 0 Å². The van der Waals surface area contributed by atoms with E-state index in [1.807, 2.05) is 24.3 Å². The summed E-state index contributed by atoms with van der Waals surface area (Å²) in [6, 6.07) is 61.6. The number of hydrogen-bond acceptors (Lipinski definition) is 4. The van der Waals surface area contributed by atoms with Crippen LogP contribution in [0.5, 0.6) is 0 Å². The van der Waals surface area contributed by atoms with Gasteiger partial charge in [-0.05, 0) is 67.6 Å². The van der Waals surface area contributed by atoms with Crippen LogP contribution in [-0.2, 0) is 0 Å². The third kappa shape index (κ3) is 5.08. The van der Waals surface area contributed by atoms with Crippen molar-refractivity contribution in [1.82, 2.24) is 5.32 Å². The molecule has 1 aliphatic rings. The summed E-state index contributed by atoms with van der Waals surface area (Å²) in [6.07, 6.45) is -0.316. The summed E-state index contributed by atoms with van der Waals surface area (Å²) < 4.78 is 6.57. The van der Waals surface area contributed by atoms with Gasteiger partial charge in [-0.3, -0.25) is 0 Å². The van der Waals surface area contributed by atoms with Gasteiger partial charge >= 0.3 is 0 Å². The Labute approximate surface area is 295 Å². The smallest absolute Gasteiger partial charge is 0.159 e. The van der Waals surface area contributed by atoms with Gasteiger partial charge in [0.05, 0.1) is 0 Å². The van der Waals surface area contributed by atoms with E-state index in [1.54, 1.807) is 0 Å². The van der Waals surface area contributed by atoms with Crippen LogP contribution in [0.3, 0.4) is 0 Å². The van der Waals surface area contributed by atoms with Crippen LogP contribution >= 0.6 is 0 Å². The van der Waals surface area contributed by atoms with Crippen molar-refractivity contribution >= 4 is 55.2 Å². The van der Waals surface area contributed by atoms with E-state index in [2.05, 4.69) is 157 Å². The highest BCUT2D eigenvalue weighted by molar-refractivity contribution is 6.24. The number of aliphatic imine (C=N–C) groups is 2. The number of rotatable bonds is 5. The maximum Gasteiger partial charge on any atom is 0.159 e. The van der Waals surface area contributed by atoms with Crippen LogP contribution in [0, 0.1) is 0 Å². The first-order chi connectivity index (χ1) is 25.3. The summed E-state index contributed by atoms with van der Waals surface area (Å²) in [5, 5.41) is 10.7. The third-order valence-electron chi connectivity index (χ3n) is 9.94. The summed E-state index contributed by atoms with van der Waals surface area (Å²) in [5.74, 6) is 1.44. The molecule has 4 nitrogen and oxygen atoms in total. The van der Waals surface area contributed by atoms with Gasteiger partial charge in [-0.2, -0.15) is 0 Å². The standard InChI is InChI=1S/C47H31N3O/c1-3-11-30(12-4-1)31-21-26-35(27-22-31)46-48-45(34-14-5-2-6-15-34)49-47(50-46)39-18-10-20-42-44(39)43-38(17-9-19-41(43)51-42)36-28-25-33-24-23-32-13-7-8-16-37(32)40(33)29-36/h1-29,45H,(H,48,49,50). The van der Waals surface area contributed by atoms with Crippen molar-refractivity contribution in [2.24, 2.45) is 9.98 Å². The number of fused-ring (bicyclic) bond motifs is 6. The molecule has 4 heteroatoms. The van der Waals surface area contributed by atoms with Gasteiger partial charge in [-0.25, -0.2) is 9.98 Å². The number of nitrogens with one attached hydrogen (secondary N) is 1. The van der Waals surface area contributed by atoms with Gasteiger partial charge in [-0.1, -0.05) is 158 Å². The van der Waals surface area contributed by atoms with Gasteiger partial charge in [0.1, 0.15) is 23.2 Å². The molecule has 8 aromatic carbocycles. The van der Waals surface area contributed by atoms with E-state index >= 15 is 0 Å². The number of hydrogen-bond donors (Lipinski definition) is 1. The van der Waals surface area contributed by atoms with Gasteiger partial charge in [0.15, 0.2) is 5.84 Å². The Hall–Kier alpha value is -6.78. The molecular formula is C47H31N3O. The molecule has 0 aliphatic carbocycles. The molecule has 9 aromatic rings. The van der Waals surface area contributed by atoms with Crippen molar-refractivity contribution in [2.75, 3.05) is 0 Å². The molecule has 1 unspecified atom stereocenters. The molecule has 0 spiro atoms. The SMILES string of the molecule is c1ccc(-c2ccc(C3=NC(c4ccccc4)NC(c4cccc5oc6cccc(-c7ccc8ccc9ccccc9c8c7)c6c45)=N3)cc2)cc1. The van der Waals surface area contributed by atoms with Crippen molar-refractivity contribution in [3.05, 3.63) is 193 Å². The second-order valence-corrected chi connectivity index (χ2v) is 13.0. The fourth-order valence-electron chi connectivity index (χ4n) is 7.44. The Morgan fingerprint density at radius 3 is 1.82 bits per heavy atom. The minimum absolute atomic E-state index is 0.316. The predicted molar refractivity (Wildman–Crippen MR) is 211 cm³/mol. The minimum Gasteiger partial charge on any atom is -0.456 e. The van der Waals surface area contributed by atoms with Gasteiger partial charge < -0.3 is 9.73 Å². The van der Waals surface area contributed by atoms with Crippen molar-refractivity contribution < 1.29 is 4.42 Å². The highest BCUT2D eigenvalue weighted by atomic mass is 16.3. The highest BCUT2D eigenvalue weighted by Crippen LogP contribution is 2.40. The zero-order valence-corrected chi connectivity index (χ0v) is 27.6. The van der Waals surface area contributed by atoms with E-state index in [4.69, 9.17) is 14.4 Å². The molecule has 0 fully saturated rings. The lowest BCUT2D eigenvalue weighted by Crippen LogP contribution is -2.33. The quantitative estimate of drug-likeness (QED) is 0.188. The number of benzene rings is 8. The van der Waals surface area contributed by atoms with Crippen molar-refractivity contribution in [2.45, 2.75) is 6.17 Å². The van der Waals surface area contributed by atoms with Crippen LogP contribution in [0.2, 0.25) is 0 Å². The lowest BCUT2D eigenvalue weighted by molar-refractivity contribution is 0.668. The molecular weight excluding hydrogens is 623 g/mol. The molecule has 10 rings (SSSR count). The molecule has 1 aromatic heterocycles. The van der Waals surface area contributed by atoms with Gasteiger partial charge in [0.2, 0.25) is 0 Å². The molecule has 1 aliphatic heterocycles. The molecule has 0 bridgehead atoms. The average Bonchev–Trinajstić information content (AvgIpc) is 3.60. The fraction of sp³-hybridized carbons (Fsp3) is 0.0213. The molecule has 0 saturated carbocycles. The first kappa shape index (κ1) is 29.2. The van der Waals surface area contributed by atoms with Crippen LogP contribution in [0.15, 0.2) is 190 Å². The van der Waals surface area contributed by atoms with Crippen LogP contribution in [0.25, 0.3) is 65.7 Å². The largest absolute Gasteiger partial charge is 0.456 e. The zero-order valence-electron chi connectivity index (χ0n) is 27.6. The van der Waals surface area contributed by atoms with E-state index in [0.717, 1.165) is 61.2 Å². The third-order valence-corrected chi connectivity index (χ3v) is 9.94. The Bertz CT molecular complexity index is 2820. The minimum atomic E-state index is -0.316. The van der Waals surface area contributed by atoms with Crippen molar-refractivity contribution in [3.63, 3.8) is 0 Å². The van der Waals surface area contributed by atoms with Crippen LogP contribution in [0.4, 0.5) is 0 Å². The summed E-state index contributed by atoms with van der Waals surface area (Å²) in [5.41, 5.74) is 9.25. The Morgan fingerprint density at radius 1 is 0.451 bits per heavy atom. The maximum absolute atomic E-state index is 6.57. The monoisotopic (exact) mass is 653 g/mol. The second kappa shape index (κ2) is 12.0. The van der Waals surface area contributed by atoms with E-state index in [9.17, 15) is 0 Å². The Balaban J connectivity index is 1.15. The molecule has 0 amide bonds. The molecule has 0 saturated heterocycles. The second-order valence-electron chi connectivity index (χ2n) is 13.0. The summed E-state index contributed by atoms with van der Waals surface area (Å²) >= 11 is 0. The van der Waals surface area contributed by atoms with Crippen LogP contribution < -0.4 is 5.32 Å². The van der Waals surface area contributed by atoms with E-state index < -0.39 is 0 Å². The van der Waals surface area contributed by atoms with Gasteiger partial charge in [0.25, 0.3) is 0 Å². The predicted octanol–water partition coefficient (Wildman–Crippen LogP) is 11.7. The molecule has 2 heterocycles. The highest BCUT2D eigenvalue weighted by Gasteiger charge is 2.25. The molecule has 1 N–H and O–H groups in total. The molecule has 51 heavy (non-hydrogen) atoms. The van der Waals surface area contributed by atoms with E-state index in [0.29, 0.717) is 5.84 Å². The first-order valence-electron chi connectivity index (χ1n) is 17.3. The first-order valence-corrected chi connectivity index (χ1v) is 17.3. The van der Waals surface area contributed by atoms with Crippen LogP contribution in [0.1, 0.15) is 22.9 Å². The van der Waals surface area contributed by atoms with Crippen molar-refractivity contribution in [3.8, 4) is 22.3 Å². The number of amidine groups is 2. The average molecular weight is 654 g/mol. The lowest BCUT2D eigenvalue weighted by Gasteiger charge is -2.24. The van der Waals surface area contributed by atoms with E-state index in [1.165, 1.54) is 27.1 Å². The summed E-state index contributed by atoms with van der Waals surface area (Å²) in [6.45, 7) is 0. The molecule has 1 atom stereocenters. The zero-order chi connectivity index (χ0) is 33.7. The van der Waals surface area contributed by atoms with Crippen LogP contribution in [-0.4, -0.2) is 11.7 Å².